The fraction of sp³-hybridized carbons (Fsp3) is 0.438. The summed E-state index contributed by atoms with van der Waals surface area (Å²) in [6.45, 7) is 1.96. The van der Waals surface area contributed by atoms with E-state index in [1.54, 1.807) is 12.1 Å². The second kappa shape index (κ2) is 7.36. The Bertz CT molecular complexity index is 780. The number of hydrogen-bond donors (Lipinski definition) is 0. The fourth-order valence-corrected chi connectivity index (χ4v) is 3.65. The first-order valence-electron chi connectivity index (χ1n) is 7.33. The van der Waals surface area contributed by atoms with Gasteiger partial charge in [0.1, 0.15) is 5.69 Å². The molecule has 1 fully saturated rings. The summed E-state index contributed by atoms with van der Waals surface area (Å²) in [5.41, 5.74) is 2.42. The van der Waals surface area contributed by atoms with Gasteiger partial charge in [-0.05, 0) is 43.9 Å². The topological polar surface area (TPSA) is 50.3 Å². The van der Waals surface area contributed by atoms with Crippen LogP contribution in [0.2, 0.25) is 0 Å². The number of halogens is 3. The Balaban J connectivity index is 1.96. The van der Waals surface area contributed by atoms with Crippen molar-refractivity contribution in [1.29, 1.82) is 0 Å². The molecule has 0 N–H and O–H groups in total. The molecule has 24 heavy (non-hydrogen) atoms. The summed E-state index contributed by atoms with van der Waals surface area (Å²) in [7, 11) is -4.30. The van der Waals surface area contributed by atoms with Gasteiger partial charge < -0.3 is 0 Å². The first-order valence-corrected chi connectivity index (χ1v) is 8.94. The van der Waals surface area contributed by atoms with Crippen LogP contribution in [0.3, 0.4) is 0 Å². The van der Waals surface area contributed by atoms with Crippen LogP contribution in [0, 0.1) is 18.8 Å². The van der Waals surface area contributed by atoms with Crippen LogP contribution in [0.4, 0.5) is 13.2 Å². The van der Waals surface area contributed by atoms with Gasteiger partial charge >= 0.3 is 6.18 Å². The second-order valence-corrected chi connectivity index (χ2v) is 7.48. The maximum absolute atomic E-state index is 12.3. The van der Waals surface area contributed by atoms with Crippen molar-refractivity contribution in [2.24, 2.45) is 0 Å². The molecule has 4 nitrogen and oxygen atoms in total. The van der Waals surface area contributed by atoms with E-state index in [-0.39, 0.29) is 13.1 Å². The molecular formula is C16H17F3N2O2S. The molecular weight excluding hydrogens is 341 g/mol. The Morgan fingerprint density at radius 1 is 1.29 bits per heavy atom. The zero-order chi connectivity index (χ0) is 17.8. The molecule has 0 spiro atoms. The Morgan fingerprint density at radius 3 is 2.54 bits per heavy atom. The average molecular weight is 358 g/mol. The van der Waals surface area contributed by atoms with Crippen LogP contribution in [0.25, 0.3) is 0 Å². The van der Waals surface area contributed by atoms with Gasteiger partial charge in [0.15, 0.2) is 5.75 Å². The van der Waals surface area contributed by atoms with Crippen LogP contribution in [0.15, 0.2) is 29.8 Å². The number of pyridine rings is 1. The molecule has 0 radical (unpaired) electrons. The van der Waals surface area contributed by atoms with Gasteiger partial charge in [0, 0.05) is 18.8 Å². The Morgan fingerprint density at radius 2 is 1.96 bits per heavy atom. The van der Waals surface area contributed by atoms with E-state index < -0.39 is 22.0 Å². The largest absolute Gasteiger partial charge is 0.404 e. The van der Waals surface area contributed by atoms with Crippen LogP contribution in [0.1, 0.15) is 24.2 Å². The molecule has 0 atom stereocenters. The molecule has 8 heteroatoms. The molecule has 0 unspecified atom stereocenters. The maximum atomic E-state index is 12.3. The average Bonchev–Trinajstić information content (AvgIpc) is 2.45. The van der Waals surface area contributed by atoms with Crippen molar-refractivity contribution in [2.45, 2.75) is 25.9 Å². The molecule has 2 heterocycles. The van der Waals surface area contributed by atoms with Gasteiger partial charge in [-0.2, -0.15) is 13.2 Å². The molecule has 130 valence electrons. The van der Waals surface area contributed by atoms with Gasteiger partial charge in [0.25, 0.3) is 0 Å². The highest BCUT2D eigenvalue weighted by Crippen LogP contribution is 2.23. The van der Waals surface area contributed by atoms with E-state index >= 15 is 0 Å². The van der Waals surface area contributed by atoms with Crippen molar-refractivity contribution in [3.63, 3.8) is 0 Å². The number of rotatable bonds is 2. The number of nitrogens with zero attached hydrogens (tertiary/aromatic N) is 2. The van der Waals surface area contributed by atoms with Crippen molar-refractivity contribution in [3.05, 3.63) is 41.2 Å². The van der Waals surface area contributed by atoms with Crippen molar-refractivity contribution < 1.29 is 21.6 Å². The highest BCUT2D eigenvalue weighted by molar-refractivity contribution is 7.89. The normalized spacial score (nSPS) is 16.4. The molecule has 1 aliphatic rings. The quantitative estimate of drug-likeness (QED) is 0.764. The van der Waals surface area contributed by atoms with Gasteiger partial charge in [-0.3, -0.25) is 0 Å². The predicted octanol–water partition coefficient (Wildman–Crippen LogP) is 2.66. The Hall–Kier alpha value is -1.85. The monoisotopic (exact) mass is 358 g/mol. The molecule has 1 saturated heterocycles. The predicted molar refractivity (Wildman–Crippen MR) is 84.6 cm³/mol. The van der Waals surface area contributed by atoms with Crippen LogP contribution >= 0.6 is 0 Å². The summed E-state index contributed by atoms with van der Waals surface area (Å²) in [6.07, 6.45) is -2.26. The number of aromatic nitrogens is 1. The van der Waals surface area contributed by atoms with Crippen molar-refractivity contribution in [3.8, 4) is 11.8 Å². The third kappa shape index (κ3) is 5.65. The lowest BCUT2D eigenvalue weighted by molar-refractivity contribution is -0.107. The van der Waals surface area contributed by atoms with E-state index in [0.717, 1.165) is 15.6 Å². The zero-order valence-corrected chi connectivity index (χ0v) is 13.9. The van der Waals surface area contributed by atoms with Crippen molar-refractivity contribution >= 4 is 10.0 Å². The minimum absolute atomic E-state index is 0.0502. The lowest BCUT2D eigenvalue weighted by atomic mass is 10.1. The molecule has 0 aromatic carbocycles. The van der Waals surface area contributed by atoms with E-state index in [0.29, 0.717) is 18.5 Å². The number of alkyl halides is 3. The summed E-state index contributed by atoms with van der Waals surface area (Å²) in [5, 5.41) is 0. The lowest BCUT2D eigenvalue weighted by Crippen LogP contribution is -2.41. The Labute approximate surface area is 139 Å². The molecule has 2 rings (SSSR count). The molecule has 1 aromatic heterocycles. The molecule has 0 bridgehead atoms. The highest BCUT2D eigenvalue weighted by atomic mass is 32.2. The summed E-state index contributed by atoms with van der Waals surface area (Å²) in [5.74, 6) is 3.95. The summed E-state index contributed by atoms with van der Waals surface area (Å²) in [4.78, 5) is 4.24. The van der Waals surface area contributed by atoms with Gasteiger partial charge in [-0.15, -0.1) is 0 Å². The second-order valence-electron chi connectivity index (χ2n) is 5.51. The lowest BCUT2D eigenvalue weighted by Gasteiger charge is -2.27. The minimum atomic E-state index is -4.72. The van der Waals surface area contributed by atoms with Gasteiger partial charge in [0.2, 0.25) is 10.0 Å². The van der Waals surface area contributed by atoms with Gasteiger partial charge in [-0.1, -0.05) is 17.6 Å². The minimum Gasteiger partial charge on any atom is -0.245 e. The van der Waals surface area contributed by atoms with Crippen LogP contribution in [-0.4, -0.2) is 42.7 Å². The summed E-state index contributed by atoms with van der Waals surface area (Å²) < 4.78 is 61.2. The van der Waals surface area contributed by atoms with E-state index in [4.69, 9.17) is 0 Å². The third-order valence-electron chi connectivity index (χ3n) is 3.47. The van der Waals surface area contributed by atoms with Crippen molar-refractivity contribution in [2.75, 3.05) is 18.8 Å². The zero-order valence-electron chi connectivity index (χ0n) is 13.1. The molecule has 0 saturated carbocycles. The fourth-order valence-electron chi connectivity index (χ4n) is 2.32. The van der Waals surface area contributed by atoms with Gasteiger partial charge in [-0.25, -0.2) is 17.7 Å². The number of piperidine rings is 1. The molecule has 0 amide bonds. The third-order valence-corrected chi connectivity index (χ3v) is 5.31. The highest BCUT2D eigenvalue weighted by Gasteiger charge is 2.38. The van der Waals surface area contributed by atoms with Crippen LogP contribution in [-0.2, 0) is 10.0 Å². The first-order chi connectivity index (χ1) is 11.2. The van der Waals surface area contributed by atoms with Crippen molar-refractivity contribution in [1.82, 2.24) is 9.29 Å². The maximum Gasteiger partial charge on any atom is 0.404 e. The van der Waals surface area contributed by atoms with E-state index in [2.05, 4.69) is 16.8 Å². The van der Waals surface area contributed by atoms with Gasteiger partial charge in [0.05, 0.1) is 0 Å². The smallest absolute Gasteiger partial charge is 0.245 e. The summed E-state index contributed by atoms with van der Waals surface area (Å²) in [6, 6.07) is 5.50. The number of allylic oxidation sites excluding steroid dienone is 1. The molecule has 1 aliphatic heterocycles. The number of hydrogen-bond acceptors (Lipinski definition) is 3. The van der Waals surface area contributed by atoms with E-state index in [1.165, 1.54) is 0 Å². The molecule has 0 aliphatic carbocycles. The first kappa shape index (κ1) is 18.5. The number of aryl methyl sites for hydroxylation is 1. The summed E-state index contributed by atoms with van der Waals surface area (Å²) >= 11 is 0. The Kier molecular flexibility index (Phi) is 5.67. The SMILES string of the molecule is Cc1cccc(C#CC=C2CCN(S(=O)(=O)CC(F)(F)F)CC2)n1. The van der Waals surface area contributed by atoms with Crippen LogP contribution in [0.5, 0.6) is 0 Å². The van der Waals surface area contributed by atoms with Crippen LogP contribution < -0.4 is 0 Å². The standard InChI is InChI=1S/C16H17F3N2O2S/c1-13-4-2-6-15(20-13)7-3-5-14-8-10-21(11-9-14)24(22,23)12-16(17,18)19/h2,4-6H,8-12H2,1H3. The van der Waals surface area contributed by atoms with E-state index in [9.17, 15) is 21.6 Å². The van der Waals surface area contributed by atoms with E-state index in [1.807, 2.05) is 19.1 Å². The molecule has 1 aromatic rings. The number of sulfonamides is 1.